The molecule has 0 radical (unpaired) electrons. The molecule has 0 amide bonds. The van der Waals surface area contributed by atoms with Crippen LogP contribution in [0.1, 0.15) is 10.4 Å². The van der Waals surface area contributed by atoms with Crippen LogP contribution in [0.3, 0.4) is 0 Å². The number of hydrogen-bond donors (Lipinski definition) is 0. The molecule has 0 fully saturated rings. The number of rotatable bonds is 2. The Morgan fingerprint density at radius 3 is 2.30 bits per heavy atom. The molecule has 0 saturated heterocycles. The van der Waals surface area contributed by atoms with Crippen LogP contribution in [0.25, 0.3) is 21.9 Å². The largest absolute Gasteiger partial charge is 0.545 e. The quantitative estimate of drug-likeness (QED) is 0.721. The van der Waals surface area contributed by atoms with Gasteiger partial charge in [-0.05, 0) is 28.0 Å². The number of halogens is 1. The third kappa shape index (κ3) is 2.10. The molecular weight excluding hydrogens is 316 g/mol. The fourth-order valence-electron chi connectivity index (χ4n) is 2.42. The summed E-state index contributed by atoms with van der Waals surface area (Å²) in [6.07, 6.45) is 0. The van der Waals surface area contributed by atoms with Crippen molar-refractivity contribution in [2.75, 3.05) is 0 Å². The molecule has 0 atom stereocenters. The van der Waals surface area contributed by atoms with Gasteiger partial charge in [0.15, 0.2) is 0 Å². The zero-order valence-electron chi connectivity index (χ0n) is 10.5. The SMILES string of the molecule is O=C([O-])c1c(Br)cccc1-c1cccc2ccccc12. The molecule has 0 heterocycles. The van der Waals surface area contributed by atoms with Gasteiger partial charge in [-0.15, -0.1) is 0 Å². The summed E-state index contributed by atoms with van der Waals surface area (Å²) >= 11 is 3.29. The monoisotopic (exact) mass is 325 g/mol. The Morgan fingerprint density at radius 2 is 1.50 bits per heavy atom. The number of carboxylic acids is 1. The smallest absolute Gasteiger partial charge is 0.0732 e. The topological polar surface area (TPSA) is 40.1 Å². The van der Waals surface area contributed by atoms with Gasteiger partial charge in [-0.2, -0.15) is 0 Å². The first kappa shape index (κ1) is 12.9. The Labute approximate surface area is 124 Å². The number of fused-ring (bicyclic) bond motifs is 1. The number of benzene rings is 3. The minimum atomic E-state index is -1.18. The summed E-state index contributed by atoms with van der Waals surface area (Å²) in [5, 5.41) is 13.5. The standard InChI is InChI=1S/C17H11BrO2/c18-15-10-4-9-14(16(15)17(19)20)13-8-3-6-11-5-1-2-7-12(11)13/h1-10H,(H,19,20)/p-1. The highest BCUT2D eigenvalue weighted by Gasteiger charge is 2.11. The molecular formula is C17H10BrO2-. The lowest BCUT2D eigenvalue weighted by molar-refractivity contribution is -0.255. The lowest BCUT2D eigenvalue weighted by Crippen LogP contribution is -2.23. The van der Waals surface area contributed by atoms with Crippen LogP contribution in [0.15, 0.2) is 65.1 Å². The molecule has 3 aromatic rings. The van der Waals surface area contributed by atoms with E-state index >= 15 is 0 Å². The van der Waals surface area contributed by atoms with E-state index < -0.39 is 5.97 Å². The fraction of sp³-hybridized carbons (Fsp3) is 0. The number of carboxylic acid groups (broad SMARTS) is 1. The predicted octanol–water partition coefficient (Wildman–Crippen LogP) is 3.63. The van der Waals surface area contributed by atoms with Crippen molar-refractivity contribution < 1.29 is 9.90 Å². The normalized spacial score (nSPS) is 10.7. The van der Waals surface area contributed by atoms with E-state index in [0.717, 1.165) is 16.3 Å². The first-order chi connectivity index (χ1) is 9.68. The first-order valence-corrected chi connectivity index (χ1v) is 6.96. The first-order valence-electron chi connectivity index (χ1n) is 6.16. The Morgan fingerprint density at radius 1 is 0.850 bits per heavy atom. The Bertz CT molecular complexity index is 804. The van der Waals surface area contributed by atoms with Gasteiger partial charge in [0.1, 0.15) is 0 Å². The highest BCUT2D eigenvalue weighted by atomic mass is 79.9. The van der Waals surface area contributed by atoms with Crippen molar-refractivity contribution >= 4 is 32.7 Å². The number of carbonyl (C=O) groups is 1. The Balaban J connectivity index is 2.37. The van der Waals surface area contributed by atoms with Crippen molar-refractivity contribution in [1.29, 1.82) is 0 Å². The van der Waals surface area contributed by atoms with Crippen LogP contribution >= 0.6 is 15.9 Å². The van der Waals surface area contributed by atoms with Gasteiger partial charge >= 0.3 is 0 Å². The zero-order valence-corrected chi connectivity index (χ0v) is 12.1. The number of hydrogen-bond acceptors (Lipinski definition) is 2. The van der Waals surface area contributed by atoms with Crippen molar-refractivity contribution in [2.45, 2.75) is 0 Å². The second kappa shape index (κ2) is 5.10. The minimum absolute atomic E-state index is 0.184. The lowest BCUT2D eigenvalue weighted by atomic mass is 9.95. The van der Waals surface area contributed by atoms with E-state index in [4.69, 9.17) is 0 Å². The average molecular weight is 326 g/mol. The summed E-state index contributed by atoms with van der Waals surface area (Å²) in [6.45, 7) is 0. The van der Waals surface area contributed by atoms with E-state index in [-0.39, 0.29) is 5.56 Å². The maximum Gasteiger partial charge on any atom is 0.0732 e. The molecule has 98 valence electrons. The molecule has 2 nitrogen and oxygen atoms in total. The average Bonchev–Trinajstić information content (AvgIpc) is 2.46. The minimum Gasteiger partial charge on any atom is -0.545 e. The molecule has 3 rings (SSSR count). The second-order valence-electron chi connectivity index (χ2n) is 4.48. The second-order valence-corrected chi connectivity index (χ2v) is 5.33. The van der Waals surface area contributed by atoms with Crippen LogP contribution in [-0.2, 0) is 0 Å². The van der Waals surface area contributed by atoms with E-state index in [9.17, 15) is 9.90 Å². The van der Waals surface area contributed by atoms with Gasteiger partial charge in [0.2, 0.25) is 0 Å². The van der Waals surface area contributed by atoms with E-state index in [1.165, 1.54) is 0 Å². The molecule has 0 aromatic heterocycles. The molecule has 0 N–H and O–H groups in total. The molecule has 0 spiro atoms. The van der Waals surface area contributed by atoms with Crippen LogP contribution in [0, 0.1) is 0 Å². The van der Waals surface area contributed by atoms with Crippen LogP contribution in [0.2, 0.25) is 0 Å². The lowest BCUT2D eigenvalue weighted by Gasteiger charge is -2.14. The van der Waals surface area contributed by atoms with Gasteiger partial charge in [0.25, 0.3) is 0 Å². The van der Waals surface area contributed by atoms with Crippen molar-refractivity contribution in [3.05, 3.63) is 70.7 Å². The third-order valence-electron chi connectivity index (χ3n) is 3.30. The molecule has 3 aromatic carbocycles. The Hall–Kier alpha value is -2.13. The van der Waals surface area contributed by atoms with Gasteiger partial charge in [0.05, 0.1) is 5.97 Å². The van der Waals surface area contributed by atoms with Gasteiger partial charge in [-0.1, -0.05) is 70.5 Å². The highest BCUT2D eigenvalue weighted by molar-refractivity contribution is 9.10. The molecule has 0 unspecified atom stereocenters. The van der Waals surface area contributed by atoms with Gasteiger partial charge < -0.3 is 9.90 Å². The van der Waals surface area contributed by atoms with E-state index in [1.807, 2.05) is 48.5 Å². The highest BCUT2D eigenvalue weighted by Crippen LogP contribution is 2.33. The Kier molecular flexibility index (Phi) is 3.28. The molecule has 0 aliphatic rings. The zero-order chi connectivity index (χ0) is 14.1. The van der Waals surface area contributed by atoms with E-state index in [1.54, 1.807) is 12.1 Å². The van der Waals surface area contributed by atoms with Crippen molar-refractivity contribution in [3.8, 4) is 11.1 Å². The van der Waals surface area contributed by atoms with Gasteiger partial charge in [0, 0.05) is 10.0 Å². The van der Waals surface area contributed by atoms with Crippen LogP contribution in [0.4, 0.5) is 0 Å². The number of aromatic carboxylic acids is 1. The van der Waals surface area contributed by atoms with Crippen LogP contribution in [-0.4, -0.2) is 5.97 Å². The summed E-state index contributed by atoms with van der Waals surface area (Å²) in [7, 11) is 0. The van der Waals surface area contributed by atoms with Crippen molar-refractivity contribution in [3.63, 3.8) is 0 Å². The molecule has 20 heavy (non-hydrogen) atoms. The molecule has 0 bridgehead atoms. The maximum absolute atomic E-state index is 11.4. The van der Waals surface area contributed by atoms with E-state index in [2.05, 4.69) is 15.9 Å². The molecule has 0 aliphatic heterocycles. The number of carbonyl (C=O) groups excluding carboxylic acids is 1. The molecule has 3 heteroatoms. The maximum atomic E-state index is 11.4. The fourth-order valence-corrected chi connectivity index (χ4v) is 2.94. The van der Waals surface area contributed by atoms with Crippen molar-refractivity contribution in [1.82, 2.24) is 0 Å². The summed E-state index contributed by atoms with van der Waals surface area (Å²) in [5.41, 5.74) is 1.74. The summed E-state index contributed by atoms with van der Waals surface area (Å²) in [5.74, 6) is -1.18. The summed E-state index contributed by atoms with van der Waals surface area (Å²) in [4.78, 5) is 11.4. The third-order valence-corrected chi connectivity index (χ3v) is 3.96. The van der Waals surface area contributed by atoms with Gasteiger partial charge in [-0.3, -0.25) is 0 Å². The van der Waals surface area contributed by atoms with Crippen LogP contribution < -0.4 is 5.11 Å². The predicted molar refractivity (Wildman–Crippen MR) is 81.4 cm³/mol. The van der Waals surface area contributed by atoms with E-state index in [0.29, 0.717) is 10.0 Å². The van der Waals surface area contributed by atoms with Crippen LogP contribution in [0.5, 0.6) is 0 Å². The van der Waals surface area contributed by atoms with Gasteiger partial charge in [-0.25, -0.2) is 0 Å². The van der Waals surface area contributed by atoms with Crippen molar-refractivity contribution in [2.24, 2.45) is 0 Å². The molecule has 0 aliphatic carbocycles. The molecule has 0 saturated carbocycles. The summed E-state index contributed by atoms with van der Waals surface area (Å²) in [6, 6.07) is 19.1. The summed E-state index contributed by atoms with van der Waals surface area (Å²) < 4.78 is 0.530.